The Hall–Kier alpha value is -2.39. The number of carboxylic acids is 2. The van der Waals surface area contributed by atoms with Crippen molar-refractivity contribution in [2.24, 2.45) is 0 Å². The molecule has 1 fully saturated rings. The second-order valence-corrected chi connectivity index (χ2v) is 7.42. The number of amides is 1. The van der Waals surface area contributed by atoms with Crippen LogP contribution in [0.2, 0.25) is 0 Å². The number of aliphatic carboxylic acids is 2. The van der Waals surface area contributed by atoms with Crippen molar-refractivity contribution in [3.8, 4) is 5.75 Å². The molecule has 1 amide bonds. The summed E-state index contributed by atoms with van der Waals surface area (Å²) in [5, 5.41) is 18.4. The smallest absolute Gasteiger partial charge is 0.344 e. The minimum Gasteiger partial charge on any atom is -0.480 e. The van der Waals surface area contributed by atoms with E-state index in [0.29, 0.717) is 22.6 Å². The third kappa shape index (κ3) is 4.86. The maximum atomic E-state index is 12.6. The molecule has 2 N–H and O–H groups in total. The van der Waals surface area contributed by atoms with Crippen molar-refractivity contribution in [2.45, 2.75) is 38.8 Å². The maximum absolute atomic E-state index is 12.6. The summed E-state index contributed by atoms with van der Waals surface area (Å²) < 4.78 is 5.65. The van der Waals surface area contributed by atoms with Gasteiger partial charge in [-0.05, 0) is 36.6 Å². The van der Waals surface area contributed by atoms with Gasteiger partial charge in [0.2, 0.25) is 0 Å². The van der Waals surface area contributed by atoms with E-state index < -0.39 is 30.0 Å². The second kappa shape index (κ2) is 9.01. The van der Waals surface area contributed by atoms with E-state index in [4.69, 9.17) is 22.1 Å². The molecular formula is C18H19NO6S2. The van der Waals surface area contributed by atoms with Crippen LogP contribution < -0.4 is 4.74 Å². The molecule has 9 heteroatoms. The van der Waals surface area contributed by atoms with Crippen LogP contribution >= 0.6 is 24.0 Å². The molecular weight excluding hydrogens is 390 g/mol. The van der Waals surface area contributed by atoms with Gasteiger partial charge in [-0.3, -0.25) is 9.69 Å². The normalized spacial score (nSPS) is 17.9. The van der Waals surface area contributed by atoms with Gasteiger partial charge in [-0.2, -0.15) is 0 Å². The molecule has 0 aliphatic carbocycles. The SMILES string of the molecule is CCC(Oc1cccc(/C=C2\SC(=S)N(C(CC)C(=O)O)C2=O)c1)C(=O)O. The van der Waals surface area contributed by atoms with Gasteiger partial charge < -0.3 is 14.9 Å². The fourth-order valence-corrected chi connectivity index (χ4v) is 3.87. The summed E-state index contributed by atoms with van der Waals surface area (Å²) in [6, 6.07) is 5.66. The summed E-state index contributed by atoms with van der Waals surface area (Å²) in [7, 11) is 0. The van der Waals surface area contributed by atoms with Crippen molar-refractivity contribution in [2.75, 3.05) is 0 Å². The van der Waals surface area contributed by atoms with Crippen LogP contribution in [0, 0.1) is 0 Å². The number of benzene rings is 1. The minimum atomic E-state index is -1.11. The summed E-state index contributed by atoms with van der Waals surface area (Å²) in [6.45, 7) is 3.38. The van der Waals surface area contributed by atoms with Gasteiger partial charge in [-0.15, -0.1) is 0 Å². The van der Waals surface area contributed by atoms with Gasteiger partial charge in [0, 0.05) is 0 Å². The molecule has 144 valence electrons. The second-order valence-electron chi connectivity index (χ2n) is 5.74. The Kier molecular flexibility index (Phi) is 6.98. The Morgan fingerprint density at radius 1 is 1.26 bits per heavy atom. The number of thioether (sulfide) groups is 1. The summed E-state index contributed by atoms with van der Waals surface area (Å²) in [5.74, 6) is -2.25. The fourth-order valence-electron chi connectivity index (χ4n) is 2.52. The van der Waals surface area contributed by atoms with E-state index in [2.05, 4.69) is 0 Å². The zero-order chi connectivity index (χ0) is 20.1. The third-order valence-electron chi connectivity index (χ3n) is 3.89. The first-order valence-electron chi connectivity index (χ1n) is 8.27. The first-order chi connectivity index (χ1) is 12.8. The van der Waals surface area contributed by atoms with Crippen LogP contribution in [0.1, 0.15) is 32.3 Å². The number of hydrogen-bond acceptors (Lipinski definition) is 6. The molecule has 0 spiro atoms. The first kappa shape index (κ1) is 20.9. The van der Waals surface area contributed by atoms with E-state index >= 15 is 0 Å². The van der Waals surface area contributed by atoms with E-state index in [1.54, 1.807) is 44.2 Å². The highest BCUT2D eigenvalue weighted by Gasteiger charge is 2.39. The molecule has 2 rings (SSSR count). The Morgan fingerprint density at radius 3 is 2.52 bits per heavy atom. The van der Waals surface area contributed by atoms with E-state index in [1.807, 2.05) is 0 Å². The summed E-state index contributed by atoms with van der Waals surface area (Å²) in [5.41, 5.74) is 0.622. The molecule has 0 radical (unpaired) electrons. The van der Waals surface area contributed by atoms with Gasteiger partial charge in [-0.1, -0.05) is 50.0 Å². The van der Waals surface area contributed by atoms with Crippen LogP contribution in [0.5, 0.6) is 5.75 Å². The Morgan fingerprint density at radius 2 is 1.96 bits per heavy atom. The zero-order valence-electron chi connectivity index (χ0n) is 14.7. The van der Waals surface area contributed by atoms with E-state index in [9.17, 15) is 19.5 Å². The lowest BCUT2D eigenvalue weighted by atomic mass is 10.1. The molecule has 1 aliphatic heterocycles. The number of thiocarbonyl (C=S) groups is 1. The van der Waals surface area contributed by atoms with Crippen LogP contribution in [-0.4, -0.2) is 49.4 Å². The predicted octanol–water partition coefficient (Wildman–Crippen LogP) is 2.99. The number of rotatable bonds is 8. The van der Waals surface area contributed by atoms with E-state index in [0.717, 1.165) is 16.7 Å². The van der Waals surface area contributed by atoms with Crippen molar-refractivity contribution in [3.05, 3.63) is 34.7 Å². The van der Waals surface area contributed by atoms with E-state index in [-0.39, 0.29) is 10.7 Å². The highest BCUT2D eigenvalue weighted by atomic mass is 32.2. The maximum Gasteiger partial charge on any atom is 0.344 e. The van der Waals surface area contributed by atoms with Crippen LogP contribution in [-0.2, 0) is 14.4 Å². The van der Waals surface area contributed by atoms with Crippen molar-refractivity contribution in [1.82, 2.24) is 4.90 Å². The average molecular weight is 409 g/mol. The third-order valence-corrected chi connectivity index (χ3v) is 5.22. The first-order valence-corrected chi connectivity index (χ1v) is 9.50. The summed E-state index contributed by atoms with van der Waals surface area (Å²) >= 11 is 6.21. The largest absolute Gasteiger partial charge is 0.480 e. The van der Waals surface area contributed by atoms with Crippen LogP contribution in [0.15, 0.2) is 29.2 Å². The Labute approximate surface area is 166 Å². The lowest BCUT2D eigenvalue weighted by Gasteiger charge is -2.21. The van der Waals surface area contributed by atoms with Crippen molar-refractivity contribution >= 4 is 52.2 Å². The number of ether oxygens (including phenoxy) is 1. The lowest BCUT2D eigenvalue weighted by Crippen LogP contribution is -2.43. The molecule has 1 aliphatic rings. The monoisotopic (exact) mass is 409 g/mol. The predicted molar refractivity (Wildman–Crippen MR) is 106 cm³/mol. The van der Waals surface area contributed by atoms with Crippen LogP contribution in [0.4, 0.5) is 0 Å². The van der Waals surface area contributed by atoms with Crippen molar-refractivity contribution < 1.29 is 29.3 Å². The molecule has 1 heterocycles. The van der Waals surface area contributed by atoms with Crippen molar-refractivity contribution in [3.63, 3.8) is 0 Å². The van der Waals surface area contributed by atoms with Gasteiger partial charge >= 0.3 is 11.9 Å². The molecule has 0 saturated carbocycles. The molecule has 2 unspecified atom stereocenters. The molecule has 1 aromatic carbocycles. The van der Waals surface area contributed by atoms with Gasteiger partial charge in [-0.25, -0.2) is 9.59 Å². The van der Waals surface area contributed by atoms with Gasteiger partial charge in [0.15, 0.2) is 6.10 Å². The zero-order valence-corrected chi connectivity index (χ0v) is 16.4. The number of nitrogens with zero attached hydrogens (tertiary/aromatic N) is 1. The fraction of sp³-hybridized carbons (Fsp3) is 0.333. The summed E-state index contributed by atoms with van der Waals surface area (Å²) in [6.07, 6.45) is 1.18. The standard InChI is InChI=1S/C18H19NO6S2/c1-3-12(16(21)22)19-15(20)14(27-18(19)26)9-10-6-5-7-11(8-10)25-13(4-2)17(23)24/h5-9,12-13H,3-4H2,1-2H3,(H,21,22)(H,23,24)/b14-9-. The number of carbonyl (C=O) groups excluding carboxylic acids is 1. The molecule has 7 nitrogen and oxygen atoms in total. The Bertz CT molecular complexity index is 807. The van der Waals surface area contributed by atoms with Crippen LogP contribution in [0.25, 0.3) is 6.08 Å². The number of carbonyl (C=O) groups is 3. The number of carboxylic acid groups (broad SMARTS) is 2. The minimum absolute atomic E-state index is 0.199. The molecule has 1 saturated heterocycles. The van der Waals surface area contributed by atoms with Gasteiger partial charge in [0.25, 0.3) is 5.91 Å². The molecule has 1 aromatic rings. The molecule has 2 atom stereocenters. The van der Waals surface area contributed by atoms with Crippen molar-refractivity contribution in [1.29, 1.82) is 0 Å². The Balaban J connectivity index is 2.25. The number of hydrogen-bond donors (Lipinski definition) is 2. The molecule has 27 heavy (non-hydrogen) atoms. The topological polar surface area (TPSA) is 104 Å². The van der Waals surface area contributed by atoms with E-state index in [1.165, 1.54) is 0 Å². The highest BCUT2D eigenvalue weighted by Crippen LogP contribution is 2.35. The molecule has 0 bridgehead atoms. The molecule has 0 aromatic heterocycles. The van der Waals surface area contributed by atoms with Gasteiger partial charge in [0.05, 0.1) is 4.91 Å². The quantitative estimate of drug-likeness (QED) is 0.499. The lowest BCUT2D eigenvalue weighted by molar-refractivity contribution is -0.145. The average Bonchev–Trinajstić information content (AvgIpc) is 2.88. The summed E-state index contributed by atoms with van der Waals surface area (Å²) in [4.78, 5) is 36.5. The highest BCUT2D eigenvalue weighted by molar-refractivity contribution is 8.26. The van der Waals surface area contributed by atoms with Gasteiger partial charge in [0.1, 0.15) is 16.1 Å². The van der Waals surface area contributed by atoms with Crippen LogP contribution in [0.3, 0.4) is 0 Å².